The first kappa shape index (κ1) is 23.6. The van der Waals surface area contributed by atoms with E-state index in [-0.39, 0.29) is 5.91 Å². The van der Waals surface area contributed by atoms with Gasteiger partial charge in [-0.3, -0.25) is 9.69 Å². The van der Waals surface area contributed by atoms with E-state index in [0.29, 0.717) is 12.0 Å². The molecule has 2 unspecified atom stereocenters. The van der Waals surface area contributed by atoms with Crippen molar-refractivity contribution >= 4 is 23.5 Å². The minimum Gasteiger partial charge on any atom is -0.377 e. The standard InChI is InChI=1S/C27H36N4O2S/c32-27(24-9-1-2-10-25(24)34-21-23-8-6-18-33-23)31-13-5-7-22(20-31)19-29-14-16-30(17-15-29)26-11-3-4-12-28-26/h1-4,9-12,22-23H,5-8,13-21H2. The van der Waals surface area contributed by atoms with Gasteiger partial charge in [-0.25, -0.2) is 4.98 Å². The highest BCUT2D eigenvalue weighted by atomic mass is 32.2. The Balaban J connectivity index is 1.14. The fourth-order valence-corrected chi connectivity index (χ4v) is 6.48. The van der Waals surface area contributed by atoms with E-state index in [1.807, 2.05) is 30.5 Å². The first-order valence-electron chi connectivity index (χ1n) is 12.8. The fourth-order valence-electron chi connectivity index (χ4n) is 5.36. The van der Waals surface area contributed by atoms with E-state index in [4.69, 9.17) is 4.74 Å². The van der Waals surface area contributed by atoms with Crippen LogP contribution in [0.2, 0.25) is 0 Å². The van der Waals surface area contributed by atoms with Crippen molar-refractivity contribution in [1.29, 1.82) is 0 Å². The number of nitrogens with zero attached hydrogens (tertiary/aromatic N) is 4. The zero-order chi connectivity index (χ0) is 23.2. The van der Waals surface area contributed by atoms with Crippen LogP contribution in [0.5, 0.6) is 0 Å². The zero-order valence-electron chi connectivity index (χ0n) is 20.0. The van der Waals surface area contributed by atoms with Crippen molar-refractivity contribution in [1.82, 2.24) is 14.8 Å². The lowest BCUT2D eigenvalue weighted by atomic mass is 9.96. The molecule has 1 amide bonds. The Bertz CT molecular complexity index is 929. The number of anilines is 1. The smallest absolute Gasteiger partial charge is 0.254 e. The van der Waals surface area contributed by atoms with Crippen molar-refractivity contribution < 1.29 is 9.53 Å². The average Bonchev–Trinajstić information content (AvgIpc) is 3.42. The van der Waals surface area contributed by atoms with E-state index in [2.05, 4.69) is 37.9 Å². The molecular weight excluding hydrogens is 444 g/mol. The molecule has 0 bridgehead atoms. The molecule has 0 radical (unpaired) electrons. The Hall–Kier alpha value is -2.09. The number of hydrogen-bond donors (Lipinski definition) is 0. The summed E-state index contributed by atoms with van der Waals surface area (Å²) in [5, 5.41) is 0. The maximum Gasteiger partial charge on any atom is 0.254 e. The third kappa shape index (κ3) is 5.93. The molecule has 3 fully saturated rings. The van der Waals surface area contributed by atoms with Crippen LogP contribution in [0.1, 0.15) is 36.0 Å². The van der Waals surface area contributed by atoms with E-state index in [9.17, 15) is 4.79 Å². The zero-order valence-corrected chi connectivity index (χ0v) is 20.8. The van der Waals surface area contributed by atoms with Gasteiger partial charge >= 0.3 is 0 Å². The van der Waals surface area contributed by atoms with Gasteiger partial charge in [0.1, 0.15) is 5.82 Å². The van der Waals surface area contributed by atoms with Crippen LogP contribution in [0.25, 0.3) is 0 Å². The summed E-state index contributed by atoms with van der Waals surface area (Å²) in [5.41, 5.74) is 0.857. The number of benzene rings is 1. The number of carbonyl (C=O) groups is 1. The van der Waals surface area contributed by atoms with Gasteiger partial charge in [-0.1, -0.05) is 18.2 Å². The number of pyridine rings is 1. The summed E-state index contributed by atoms with van der Waals surface area (Å²) >= 11 is 1.77. The van der Waals surface area contributed by atoms with Gasteiger partial charge < -0.3 is 14.5 Å². The van der Waals surface area contributed by atoms with Crippen LogP contribution < -0.4 is 4.90 Å². The van der Waals surface area contributed by atoms with E-state index in [1.165, 1.54) is 6.42 Å². The van der Waals surface area contributed by atoms with Crippen LogP contribution in [0.4, 0.5) is 5.82 Å². The van der Waals surface area contributed by atoms with Gasteiger partial charge in [-0.2, -0.15) is 0 Å². The molecule has 2 aromatic rings. The lowest BCUT2D eigenvalue weighted by Gasteiger charge is -2.39. The van der Waals surface area contributed by atoms with E-state index in [1.54, 1.807) is 11.8 Å². The van der Waals surface area contributed by atoms with Crippen molar-refractivity contribution in [2.45, 2.75) is 36.7 Å². The van der Waals surface area contributed by atoms with Crippen LogP contribution in [-0.2, 0) is 4.74 Å². The number of amides is 1. The topological polar surface area (TPSA) is 48.9 Å². The molecule has 0 aliphatic carbocycles. The van der Waals surface area contributed by atoms with Crippen LogP contribution >= 0.6 is 11.8 Å². The van der Waals surface area contributed by atoms with Gasteiger partial charge in [0.05, 0.1) is 11.7 Å². The van der Waals surface area contributed by atoms with Crippen LogP contribution in [0, 0.1) is 5.92 Å². The largest absolute Gasteiger partial charge is 0.377 e. The summed E-state index contributed by atoms with van der Waals surface area (Å²) < 4.78 is 5.78. The minimum atomic E-state index is 0.195. The molecule has 5 rings (SSSR count). The van der Waals surface area contributed by atoms with Crippen molar-refractivity contribution in [3.63, 3.8) is 0 Å². The number of ether oxygens (including phenoxy) is 1. The number of aromatic nitrogens is 1. The second kappa shape index (κ2) is 11.6. The molecule has 1 aromatic carbocycles. The summed E-state index contributed by atoms with van der Waals surface area (Å²) in [7, 11) is 0. The summed E-state index contributed by atoms with van der Waals surface area (Å²) in [5.74, 6) is 2.75. The van der Waals surface area contributed by atoms with Crippen LogP contribution in [-0.4, -0.2) is 85.0 Å². The molecule has 2 atom stereocenters. The van der Waals surface area contributed by atoms with Gasteiger partial charge in [0.2, 0.25) is 0 Å². The van der Waals surface area contributed by atoms with Crippen molar-refractivity contribution in [3.8, 4) is 0 Å². The first-order valence-corrected chi connectivity index (χ1v) is 13.8. The highest BCUT2D eigenvalue weighted by Gasteiger charge is 2.28. The maximum absolute atomic E-state index is 13.5. The van der Waals surface area contributed by atoms with E-state index >= 15 is 0 Å². The molecule has 182 valence electrons. The van der Waals surface area contributed by atoms with Gasteiger partial charge in [0.15, 0.2) is 0 Å². The summed E-state index contributed by atoms with van der Waals surface area (Å²) in [6.45, 7) is 7.84. The lowest BCUT2D eigenvalue weighted by molar-refractivity contribution is 0.0633. The van der Waals surface area contributed by atoms with Crippen molar-refractivity contribution in [2.24, 2.45) is 5.92 Å². The van der Waals surface area contributed by atoms with Gasteiger partial charge in [0, 0.05) is 69.3 Å². The molecule has 6 nitrogen and oxygen atoms in total. The first-order chi connectivity index (χ1) is 16.8. The maximum atomic E-state index is 13.5. The SMILES string of the molecule is O=C(c1ccccc1SCC1CCCO1)N1CCCC(CN2CCN(c3ccccn3)CC2)C1. The van der Waals surface area contributed by atoms with Crippen molar-refractivity contribution in [2.75, 3.05) is 63.1 Å². The third-order valence-corrected chi connectivity index (χ3v) is 8.44. The van der Waals surface area contributed by atoms with Crippen molar-refractivity contribution in [3.05, 3.63) is 54.2 Å². The second-order valence-electron chi connectivity index (χ2n) is 9.68. The highest BCUT2D eigenvalue weighted by molar-refractivity contribution is 7.99. The number of carbonyl (C=O) groups excluding carboxylic acids is 1. The molecule has 0 saturated carbocycles. The predicted molar refractivity (Wildman–Crippen MR) is 138 cm³/mol. The Kier molecular flexibility index (Phi) is 8.04. The quantitative estimate of drug-likeness (QED) is 0.558. The third-order valence-electron chi connectivity index (χ3n) is 7.23. The summed E-state index contributed by atoms with van der Waals surface area (Å²) in [6, 6.07) is 14.2. The minimum absolute atomic E-state index is 0.195. The Morgan fingerprint density at radius 2 is 1.85 bits per heavy atom. The molecule has 3 aliphatic rings. The second-order valence-corrected chi connectivity index (χ2v) is 10.7. The number of thioether (sulfide) groups is 1. The van der Waals surface area contributed by atoms with Gasteiger partial charge in [0.25, 0.3) is 5.91 Å². The molecule has 0 N–H and O–H groups in total. The van der Waals surface area contributed by atoms with Gasteiger partial charge in [-0.15, -0.1) is 11.8 Å². The van der Waals surface area contributed by atoms with Crippen LogP contribution in [0.3, 0.4) is 0 Å². The average molecular weight is 481 g/mol. The highest BCUT2D eigenvalue weighted by Crippen LogP contribution is 2.29. The van der Waals surface area contributed by atoms with Gasteiger partial charge in [-0.05, 0) is 55.9 Å². The Labute approximate surface area is 207 Å². The summed E-state index contributed by atoms with van der Waals surface area (Å²) in [4.78, 5) is 26.1. The lowest BCUT2D eigenvalue weighted by Crippen LogP contribution is -2.50. The number of piperazine rings is 1. The van der Waals surface area contributed by atoms with E-state index < -0.39 is 0 Å². The van der Waals surface area contributed by atoms with Crippen LogP contribution in [0.15, 0.2) is 53.6 Å². The molecule has 1 aromatic heterocycles. The molecule has 7 heteroatoms. The Morgan fingerprint density at radius 1 is 1.00 bits per heavy atom. The number of rotatable bonds is 7. The summed E-state index contributed by atoms with van der Waals surface area (Å²) in [6.07, 6.45) is 6.78. The molecule has 3 aliphatic heterocycles. The fraction of sp³-hybridized carbons (Fsp3) is 0.556. The monoisotopic (exact) mass is 480 g/mol. The van der Waals surface area contributed by atoms with E-state index in [0.717, 1.165) is 93.7 Å². The number of hydrogen-bond acceptors (Lipinski definition) is 6. The molecule has 3 saturated heterocycles. The Morgan fingerprint density at radius 3 is 2.65 bits per heavy atom. The molecule has 0 spiro atoms. The predicted octanol–water partition coefficient (Wildman–Crippen LogP) is 4.03. The molecular formula is C27H36N4O2S. The number of piperidine rings is 1. The molecule has 34 heavy (non-hydrogen) atoms. The number of likely N-dealkylation sites (tertiary alicyclic amines) is 1. The molecule has 4 heterocycles. The normalized spacial score (nSPS) is 23.9.